The third kappa shape index (κ3) is 3.27. The number of likely N-dealkylation sites (tertiary alicyclic amines) is 1. The van der Waals surface area contributed by atoms with Crippen LogP contribution in [0.5, 0.6) is 0 Å². The molecule has 1 amide bonds. The average molecular weight is 337 g/mol. The summed E-state index contributed by atoms with van der Waals surface area (Å²) in [6, 6.07) is 6.47. The van der Waals surface area contributed by atoms with Gasteiger partial charge in [0.15, 0.2) is 0 Å². The molecule has 0 radical (unpaired) electrons. The third-order valence-corrected chi connectivity index (χ3v) is 5.61. The predicted octanol–water partition coefficient (Wildman–Crippen LogP) is 3.63. The van der Waals surface area contributed by atoms with Gasteiger partial charge in [-0.2, -0.15) is 0 Å². The van der Waals surface area contributed by atoms with Crippen molar-refractivity contribution in [3.8, 4) is 0 Å². The highest BCUT2D eigenvalue weighted by Crippen LogP contribution is 2.45. The summed E-state index contributed by atoms with van der Waals surface area (Å²) in [6.45, 7) is 10.7. The minimum atomic E-state index is 0. The molecule has 1 heterocycles. The number of halogens is 1. The summed E-state index contributed by atoms with van der Waals surface area (Å²) in [4.78, 5) is 14.6. The first-order valence-electron chi connectivity index (χ1n) is 8.41. The normalized spacial score (nSPS) is 24.7. The van der Waals surface area contributed by atoms with E-state index in [0.717, 1.165) is 18.5 Å². The first kappa shape index (κ1) is 18.3. The summed E-state index contributed by atoms with van der Waals surface area (Å²) < 4.78 is 0. The Morgan fingerprint density at radius 2 is 1.74 bits per heavy atom. The number of rotatable bonds is 1. The van der Waals surface area contributed by atoms with Crippen molar-refractivity contribution < 1.29 is 4.79 Å². The topological polar surface area (TPSA) is 46.3 Å². The molecule has 1 atom stereocenters. The van der Waals surface area contributed by atoms with Crippen LogP contribution in [-0.4, -0.2) is 29.9 Å². The molecule has 128 valence electrons. The Balaban J connectivity index is 0.00000192. The molecular formula is C19H29ClN2O. The molecule has 1 fully saturated rings. The molecule has 1 saturated heterocycles. The number of amides is 1. The van der Waals surface area contributed by atoms with Gasteiger partial charge in [-0.05, 0) is 53.4 Å². The molecule has 0 saturated carbocycles. The fourth-order valence-corrected chi connectivity index (χ4v) is 3.88. The molecule has 1 aromatic carbocycles. The Morgan fingerprint density at radius 1 is 1.13 bits per heavy atom. The van der Waals surface area contributed by atoms with Gasteiger partial charge in [-0.25, -0.2) is 0 Å². The van der Waals surface area contributed by atoms with E-state index in [4.69, 9.17) is 5.73 Å². The Hall–Kier alpha value is -1.06. The number of nitrogens with two attached hydrogens (primary N) is 1. The Labute approximate surface area is 146 Å². The van der Waals surface area contributed by atoms with Crippen LogP contribution in [0.3, 0.4) is 0 Å². The summed E-state index contributed by atoms with van der Waals surface area (Å²) in [5, 5.41) is 0. The fraction of sp³-hybridized carbons (Fsp3) is 0.632. The van der Waals surface area contributed by atoms with E-state index in [1.165, 1.54) is 24.0 Å². The molecule has 2 aliphatic rings. The monoisotopic (exact) mass is 336 g/mol. The van der Waals surface area contributed by atoms with Gasteiger partial charge in [0.2, 0.25) is 0 Å². The zero-order chi connectivity index (χ0) is 16.1. The molecule has 0 aromatic heterocycles. The van der Waals surface area contributed by atoms with Crippen molar-refractivity contribution in [3.63, 3.8) is 0 Å². The minimum Gasteiger partial charge on any atom is -0.337 e. The van der Waals surface area contributed by atoms with Crippen molar-refractivity contribution in [2.75, 3.05) is 13.1 Å². The second kappa shape index (κ2) is 6.10. The van der Waals surface area contributed by atoms with E-state index in [1.54, 1.807) is 0 Å². The van der Waals surface area contributed by atoms with Crippen LogP contribution in [0, 0.1) is 0 Å². The van der Waals surface area contributed by atoms with Crippen molar-refractivity contribution in [2.45, 2.75) is 63.8 Å². The highest BCUT2D eigenvalue weighted by atomic mass is 35.5. The lowest BCUT2D eigenvalue weighted by molar-refractivity contribution is 0.0790. The number of carbonyl (C=O) groups is 1. The Morgan fingerprint density at radius 3 is 2.30 bits per heavy atom. The quantitative estimate of drug-likeness (QED) is 0.851. The zero-order valence-corrected chi connectivity index (χ0v) is 15.5. The van der Waals surface area contributed by atoms with Gasteiger partial charge in [0.25, 0.3) is 5.91 Å². The molecule has 4 heteroatoms. The van der Waals surface area contributed by atoms with Gasteiger partial charge in [-0.3, -0.25) is 4.79 Å². The van der Waals surface area contributed by atoms with Gasteiger partial charge in [-0.1, -0.05) is 33.8 Å². The van der Waals surface area contributed by atoms with E-state index < -0.39 is 0 Å². The van der Waals surface area contributed by atoms with Gasteiger partial charge in [0.05, 0.1) is 0 Å². The maximum absolute atomic E-state index is 12.7. The lowest BCUT2D eigenvalue weighted by Crippen LogP contribution is -2.35. The van der Waals surface area contributed by atoms with Crippen LogP contribution in [0.25, 0.3) is 0 Å². The number of hydrogen-bond acceptors (Lipinski definition) is 2. The average Bonchev–Trinajstić information content (AvgIpc) is 2.89. The van der Waals surface area contributed by atoms with Gasteiger partial charge in [-0.15, -0.1) is 12.4 Å². The number of nitrogens with zero attached hydrogens (tertiary/aromatic N) is 1. The second-order valence-corrected chi connectivity index (χ2v) is 8.33. The maximum Gasteiger partial charge on any atom is 0.253 e. The van der Waals surface area contributed by atoms with Crippen LogP contribution in [-0.2, 0) is 10.8 Å². The van der Waals surface area contributed by atoms with Crippen LogP contribution < -0.4 is 5.73 Å². The van der Waals surface area contributed by atoms with Crippen molar-refractivity contribution >= 4 is 18.3 Å². The summed E-state index contributed by atoms with van der Waals surface area (Å²) in [5.41, 5.74) is 9.84. The van der Waals surface area contributed by atoms with E-state index in [9.17, 15) is 4.79 Å². The summed E-state index contributed by atoms with van der Waals surface area (Å²) in [6.07, 6.45) is 3.27. The largest absolute Gasteiger partial charge is 0.337 e. The number of benzene rings is 1. The summed E-state index contributed by atoms with van der Waals surface area (Å²) >= 11 is 0. The zero-order valence-electron chi connectivity index (χ0n) is 14.7. The Bertz CT molecular complexity index is 609. The van der Waals surface area contributed by atoms with Crippen LogP contribution >= 0.6 is 12.4 Å². The lowest BCUT2D eigenvalue weighted by atomic mass is 9.63. The SMILES string of the molecule is CC1(C)CCC(C)(C)c2cc(C(=O)N3CC[C@@H](N)C3)ccc21.Cl. The maximum atomic E-state index is 12.7. The molecule has 0 unspecified atom stereocenters. The van der Waals surface area contributed by atoms with E-state index in [-0.39, 0.29) is 35.2 Å². The van der Waals surface area contributed by atoms with Crippen LogP contribution in [0.15, 0.2) is 18.2 Å². The van der Waals surface area contributed by atoms with Crippen molar-refractivity contribution in [1.29, 1.82) is 0 Å². The first-order valence-corrected chi connectivity index (χ1v) is 8.41. The van der Waals surface area contributed by atoms with Gasteiger partial charge >= 0.3 is 0 Å². The van der Waals surface area contributed by atoms with Gasteiger partial charge in [0, 0.05) is 24.7 Å². The fourth-order valence-electron chi connectivity index (χ4n) is 3.88. The standard InChI is InChI=1S/C19H28N2O.ClH/c1-18(2)8-9-19(3,4)16-11-13(5-6-15(16)18)17(22)21-10-7-14(20)12-21;/h5-6,11,14H,7-10,12,20H2,1-4H3;1H/t14-;/m1./s1. The van der Waals surface area contributed by atoms with Crippen molar-refractivity contribution in [2.24, 2.45) is 5.73 Å². The van der Waals surface area contributed by atoms with E-state index in [0.29, 0.717) is 6.54 Å². The number of fused-ring (bicyclic) bond motifs is 1. The highest BCUT2D eigenvalue weighted by Gasteiger charge is 2.37. The molecule has 0 bridgehead atoms. The minimum absolute atomic E-state index is 0. The van der Waals surface area contributed by atoms with Crippen LogP contribution in [0.2, 0.25) is 0 Å². The summed E-state index contributed by atoms with van der Waals surface area (Å²) in [7, 11) is 0. The number of carbonyl (C=O) groups excluding carboxylic acids is 1. The predicted molar refractivity (Wildman–Crippen MR) is 97.5 cm³/mol. The van der Waals surface area contributed by atoms with Crippen molar-refractivity contribution in [1.82, 2.24) is 4.90 Å². The van der Waals surface area contributed by atoms with E-state index >= 15 is 0 Å². The molecule has 3 nitrogen and oxygen atoms in total. The third-order valence-electron chi connectivity index (χ3n) is 5.61. The molecule has 1 aliphatic heterocycles. The van der Waals surface area contributed by atoms with Crippen molar-refractivity contribution in [3.05, 3.63) is 34.9 Å². The van der Waals surface area contributed by atoms with Gasteiger partial charge in [0.1, 0.15) is 0 Å². The molecule has 1 aliphatic carbocycles. The molecule has 3 rings (SSSR count). The first-order chi connectivity index (χ1) is 10.2. The Kier molecular flexibility index (Phi) is 4.85. The lowest BCUT2D eigenvalue weighted by Gasteiger charge is -2.42. The molecular weight excluding hydrogens is 308 g/mol. The highest BCUT2D eigenvalue weighted by molar-refractivity contribution is 5.95. The van der Waals surface area contributed by atoms with E-state index in [2.05, 4.69) is 39.8 Å². The number of hydrogen-bond donors (Lipinski definition) is 1. The van der Waals surface area contributed by atoms with Crippen LogP contribution in [0.1, 0.15) is 68.4 Å². The molecule has 23 heavy (non-hydrogen) atoms. The smallest absolute Gasteiger partial charge is 0.253 e. The second-order valence-electron chi connectivity index (χ2n) is 8.33. The summed E-state index contributed by atoms with van der Waals surface area (Å²) in [5.74, 6) is 0.134. The molecule has 0 spiro atoms. The van der Waals surface area contributed by atoms with E-state index in [1.807, 2.05) is 11.0 Å². The van der Waals surface area contributed by atoms with Crippen LogP contribution in [0.4, 0.5) is 0 Å². The van der Waals surface area contributed by atoms with Gasteiger partial charge < -0.3 is 10.6 Å². The molecule has 2 N–H and O–H groups in total. The molecule has 1 aromatic rings.